The SMILES string of the molecule is O=C(O)CC1CN(C(=O)c2ccc(C(F)(F)F)nc2)CCO1. The van der Waals surface area contributed by atoms with Gasteiger partial charge in [0.15, 0.2) is 0 Å². The first-order valence-corrected chi connectivity index (χ1v) is 6.43. The molecule has 1 aliphatic rings. The number of rotatable bonds is 3. The molecule has 1 atom stereocenters. The average Bonchev–Trinajstić information content (AvgIpc) is 2.45. The smallest absolute Gasteiger partial charge is 0.433 e. The minimum atomic E-state index is -4.56. The van der Waals surface area contributed by atoms with E-state index in [1.54, 1.807) is 0 Å². The molecule has 9 heteroatoms. The summed E-state index contributed by atoms with van der Waals surface area (Å²) in [5, 5.41) is 8.71. The van der Waals surface area contributed by atoms with Gasteiger partial charge in [-0.3, -0.25) is 14.6 Å². The summed E-state index contributed by atoms with van der Waals surface area (Å²) in [6, 6.07) is 1.79. The van der Waals surface area contributed by atoms with Crippen LogP contribution < -0.4 is 0 Å². The number of aromatic nitrogens is 1. The number of carboxylic acids is 1. The zero-order valence-electron chi connectivity index (χ0n) is 11.3. The summed E-state index contributed by atoms with van der Waals surface area (Å²) in [4.78, 5) is 27.4. The van der Waals surface area contributed by atoms with E-state index >= 15 is 0 Å². The first-order chi connectivity index (χ1) is 10.3. The standard InChI is InChI=1S/C13H13F3N2O4/c14-13(15,16)10-2-1-8(6-17-10)12(21)18-3-4-22-9(7-18)5-11(19)20/h1-2,6,9H,3-5,7H2,(H,19,20). The quantitative estimate of drug-likeness (QED) is 0.911. The molecule has 0 spiro atoms. The second-order valence-corrected chi connectivity index (χ2v) is 4.77. The van der Waals surface area contributed by atoms with Crippen LogP contribution in [0.3, 0.4) is 0 Å². The number of aliphatic carboxylic acids is 1. The van der Waals surface area contributed by atoms with Crippen LogP contribution in [0.1, 0.15) is 22.5 Å². The second kappa shape index (κ2) is 6.30. The van der Waals surface area contributed by atoms with Crippen molar-refractivity contribution >= 4 is 11.9 Å². The van der Waals surface area contributed by atoms with Gasteiger partial charge in [0.25, 0.3) is 5.91 Å². The highest BCUT2D eigenvalue weighted by molar-refractivity contribution is 5.94. The predicted octanol–water partition coefficient (Wildman–Crippen LogP) is 1.42. The van der Waals surface area contributed by atoms with E-state index in [0.717, 1.165) is 18.3 Å². The Morgan fingerprint density at radius 2 is 2.14 bits per heavy atom. The maximum Gasteiger partial charge on any atom is 0.433 e. The molecule has 2 rings (SSSR count). The van der Waals surface area contributed by atoms with Crippen molar-refractivity contribution in [3.8, 4) is 0 Å². The molecule has 0 radical (unpaired) electrons. The number of nitrogens with zero attached hydrogens (tertiary/aromatic N) is 2. The van der Waals surface area contributed by atoms with Crippen molar-refractivity contribution in [3.05, 3.63) is 29.6 Å². The van der Waals surface area contributed by atoms with Gasteiger partial charge in [0.05, 0.1) is 24.7 Å². The van der Waals surface area contributed by atoms with Crippen LogP contribution in [0.2, 0.25) is 0 Å². The molecular weight excluding hydrogens is 305 g/mol. The Balaban J connectivity index is 2.06. The zero-order valence-corrected chi connectivity index (χ0v) is 11.3. The fraction of sp³-hybridized carbons (Fsp3) is 0.462. The van der Waals surface area contributed by atoms with Gasteiger partial charge in [0, 0.05) is 19.3 Å². The third-order valence-electron chi connectivity index (χ3n) is 3.13. The minimum Gasteiger partial charge on any atom is -0.481 e. The Bertz CT molecular complexity index is 559. The highest BCUT2D eigenvalue weighted by Crippen LogP contribution is 2.27. The molecule has 6 nitrogen and oxygen atoms in total. The van der Waals surface area contributed by atoms with Crippen LogP contribution in [0.5, 0.6) is 0 Å². The van der Waals surface area contributed by atoms with E-state index in [1.165, 1.54) is 4.90 Å². The van der Waals surface area contributed by atoms with E-state index in [4.69, 9.17) is 9.84 Å². The van der Waals surface area contributed by atoms with E-state index in [-0.39, 0.29) is 31.7 Å². The van der Waals surface area contributed by atoms with Gasteiger partial charge in [-0.2, -0.15) is 13.2 Å². The highest BCUT2D eigenvalue weighted by Gasteiger charge is 2.33. The van der Waals surface area contributed by atoms with Gasteiger partial charge >= 0.3 is 12.1 Å². The Morgan fingerprint density at radius 3 is 2.68 bits per heavy atom. The normalized spacial score (nSPS) is 19.0. The molecule has 1 aromatic rings. The van der Waals surface area contributed by atoms with Crippen molar-refractivity contribution in [1.29, 1.82) is 0 Å². The lowest BCUT2D eigenvalue weighted by Gasteiger charge is -2.32. The number of hydrogen-bond donors (Lipinski definition) is 1. The minimum absolute atomic E-state index is 0.0176. The van der Waals surface area contributed by atoms with E-state index in [1.807, 2.05) is 0 Å². The van der Waals surface area contributed by atoms with Gasteiger partial charge < -0.3 is 14.7 Å². The van der Waals surface area contributed by atoms with Crippen molar-refractivity contribution in [2.75, 3.05) is 19.7 Å². The van der Waals surface area contributed by atoms with Gasteiger partial charge in [-0.15, -0.1) is 0 Å². The van der Waals surface area contributed by atoms with Crippen molar-refractivity contribution in [2.24, 2.45) is 0 Å². The van der Waals surface area contributed by atoms with Crippen LogP contribution >= 0.6 is 0 Å². The number of carboxylic acid groups (broad SMARTS) is 1. The third-order valence-corrected chi connectivity index (χ3v) is 3.13. The number of pyridine rings is 1. The summed E-state index contributed by atoms with van der Waals surface area (Å²) in [6.45, 7) is 0.500. The maximum absolute atomic E-state index is 12.4. The molecule has 1 amide bonds. The molecule has 120 valence electrons. The molecule has 0 saturated carbocycles. The lowest BCUT2D eigenvalue weighted by atomic mass is 10.1. The number of alkyl halides is 3. The number of ether oxygens (including phenoxy) is 1. The summed E-state index contributed by atoms with van der Waals surface area (Å²) in [7, 11) is 0. The summed E-state index contributed by atoms with van der Waals surface area (Å²) >= 11 is 0. The van der Waals surface area contributed by atoms with Gasteiger partial charge in [0.2, 0.25) is 0 Å². The van der Waals surface area contributed by atoms with Crippen LogP contribution in [0.15, 0.2) is 18.3 Å². The zero-order chi connectivity index (χ0) is 16.3. The number of hydrogen-bond acceptors (Lipinski definition) is 4. The molecule has 0 bridgehead atoms. The Morgan fingerprint density at radius 1 is 1.41 bits per heavy atom. The molecule has 0 aliphatic carbocycles. The highest BCUT2D eigenvalue weighted by atomic mass is 19.4. The largest absolute Gasteiger partial charge is 0.481 e. The molecule has 2 heterocycles. The van der Waals surface area contributed by atoms with Crippen molar-refractivity contribution < 1.29 is 32.6 Å². The molecule has 1 aromatic heterocycles. The summed E-state index contributed by atoms with van der Waals surface area (Å²) < 4.78 is 42.5. The van der Waals surface area contributed by atoms with E-state index < -0.39 is 29.9 Å². The van der Waals surface area contributed by atoms with E-state index in [0.29, 0.717) is 0 Å². The molecule has 0 aromatic carbocycles. The Labute approximate surface area is 123 Å². The van der Waals surface area contributed by atoms with Gasteiger partial charge in [-0.05, 0) is 12.1 Å². The predicted molar refractivity (Wildman–Crippen MR) is 67.1 cm³/mol. The number of carbonyl (C=O) groups excluding carboxylic acids is 1. The van der Waals surface area contributed by atoms with Crippen LogP contribution in [0.4, 0.5) is 13.2 Å². The van der Waals surface area contributed by atoms with Crippen LogP contribution in [0.25, 0.3) is 0 Å². The average molecular weight is 318 g/mol. The summed E-state index contributed by atoms with van der Waals surface area (Å²) in [6.07, 6.45) is -4.56. The first-order valence-electron chi connectivity index (χ1n) is 6.43. The Hall–Kier alpha value is -2.16. The second-order valence-electron chi connectivity index (χ2n) is 4.77. The van der Waals surface area contributed by atoms with E-state index in [9.17, 15) is 22.8 Å². The molecule has 1 N–H and O–H groups in total. The van der Waals surface area contributed by atoms with Crippen LogP contribution in [-0.4, -0.2) is 52.7 Å². The molecule has 1 saturated heterocycles. The van der Waals surface area contributed by atoms with Gasteiger partial charge in [0.1, 0.15) is 5.69 Å². The van der Waals surface area contributed by atoms with Crippen LogP contribution in [0, 0.1) is 0 Å². The fourth-order valence-electron chi connectivity index (χ4n) is 2.09. The lowest BCUT2D eigenvalue weighted by Crippen LogP contribution is -2.46. The molecule has 1 fully saturated rings. The molecule has 22 heavy (non-hydrogen) atoms. The van der Waals surface area contributed by atoms with Crippen molar-refractivity contribution in [3.63, 3.8) is 0 Å². The monoisotopic (exact) mass is 318 g/mol. The topological polar surface area (TPSA) is 79.7 Å². The number of morpholine rings is 1. The van der Waals surface area contributed by atoms with Crippen LogP contribution in [-0.2, 0) is 15.7 Å². The Kier molecular flexibility index (Phi) is 4.65. The molecular formula is C13H13F3N2O4. The first kappa shape index (κ1) is 16.2. The summed E-state index contributed by atoms with van der Waals surface area (Å²) in [5.41, 5.74) is -1.06. The number of carbonyl (C=O) groups is 2. The fourth-order valence-corrected chi connectivity index (χ4v) is 2.09. The lowest BCUT2D eigenvalue weighted by molar-refractivity contribution is -0.142. The van der Waals surface area contributed by atoms with Gasteiger partial charge in [-0.25, -0.2) is 0 Å². The van der Waals surface area contributed by atoms with Crippen molar-refractivity contribution in [1.82, 2.24) is 9.88 Å². The summed E-state index contributed by atoms with van der Waals surface area (Å²) in [5.74, 6) is -1.55. The number of amides is 1. The molecule has 1 unspecified atom stereocenters. The maximum atomic E-state index is 12.4. The van der Waals surface area contributed by atoms with Crippen molar-refractivity contribution in [2.45, 2.75) is 18.7 Å². The third kappa shape index (κ3) is 3.94. The van der Waals surface area contributed by atoms with E-state index in [2.05, 4.69) is 4.98 Å². The van der Waals surface area contributed by atoms with Gasteiger partial charge in [-0.1, -0.05) is 0 Å². The molecule has 1 aliphatic heterocycles. The number of halogens is 3.